The molecule has 2 N–H and O–H groups in total. The second-order valence-corrected chi connectivity index (χ2v) is 5.73. The van der Waals surface area contributed by atoms with Crippen molar-refractivity contribution in [1.82, 2.24) is 5.32 Å². The van der Waals surface area contributed by atoms with E-state index in [9.17, 15) is 0 Å². The van der Waals surface area contributed by atoms with Gasteiger partial charge >= 0.3 is 0 Å². The Hall–Kier alpha value is -1.64. The van der Waals surface area contributed by atoms with Crippen molar-refractivity contribution in [3.05, 3.63) is 60.2 Å². The molecule has 0 heterocycles. The zero-order chi connectivity index (χ0) is 14.4. The number of benzene rings is 2. The summed E-state index contributed by atoms with van der Waals surface area (Å²) in [6.07, 6.45) is 0. The van der Waals surface area contributed by atoms with Crippen LogP contribution >= 0.6 is 0 Å². The normalized spacial score (nSPS) is 11.6. The average molecular weight is 269 g/mol. The highest BCUT2D eigenvalue weighted by Gasteiger charge is 2.19. The van der Waals surface area contributed by atoms with Gasteiger partial charge in [-0.2, -0.15) is 0 Å². The molecule has 0 aliphatic heterocycles. The maximum atomic E-state index is 8.83. The Morgan fingerprint density at radius 3 is 2.10 bits per heavy atom. The van der Waals surface area contributed by atoms with Gasteiger partial charge in [-0.25, -0.2) is 0 Å². The molecule has 0 aliphatic carbocycles. The highest BCUT2D eigenvalue weighted by Crippen LogP contribution is 2.26. The average Bonchev–Trinajstić information content (AvgIpc) is 2.48. The summed E-state index contributed by atoms with van der Waals surface area (Å²) in [5, 5.41) is 12.1. The molecule has 2 aromatic rings. The van der Waals surface area contributed by atoms with Crippen molar-refractivity contribution in [2.75, 3.05) is 19.7 Å². The number of nitrogens with one attached hydrogen (secondary N) is 1. The third-order valence-corrected chi connectivity index (χ3v) is 3.63. The Morgan fingerprint density at radius 2 is 1.50 bits per heavy atom. The van der Waals surface area contributed by atoms with Crippen molar-refractivity contribution in [2.24, 2.45) is 0 Å². The highest BCUT2D eigenvalue weighted by molar-refractivity contribution is 5.63. The maximum Gasteiger partial charge on any atom is 0.0555 e. The molecule has 0 fully saturated rings. The summed E-state index contributed by atoms with van der Waals surface area (Å²) in [7, 11) is 0. The van der Waals surface area contributed by atoms with Crippen LogP contribution in [0.4, 0.5) is 0 Å². The lowest BCUT2D eigenvalue weighted by Gasteiger charge is -2.26. The fourth-order valence-electron chi connectivity index (χ4n) is 2.33. The molecular formula is C18H23NO. The number of aliphatic hydroxyl groups excluding tert-OH is 1. The zero-order valence-electron chi connectivity index (χ0n) is 12.3. The van der Waals surface area contributed by atoms with E-state index in [4.69, 9.17) is 5.11 Å². The molecule has 0 aliphatic rings. The zero-order valence-corrected chi connectivity index (χ0v) is 12.3. The van der Waals surface area contributed by atoms with Gasteiger partial charge in [0.25, 0.3) is 0 Å². The van der Waals surface area contributed by atoms with E-state index < -0.39 is 0 Å². The summed E-state index contributed by atoms with van der Waals surface area (Å²) in [6, 6.07) is 19.2. The standard InChI is InChI=1S/C18H23NO/c1-18(2,14-19-12-13-20)17-10-8-16(9-11-17)15-6-4-3-5-7-15/h3-11,19-20H,12-14H2,1-2H3. The highest BCUT2D eigenvalue weighted by atomic mass is 16.3. The second-order valence-electron chi connectivity index (χ2n) is 5.73. The van der Waals surface area contributed by atoms with Gasteiger partial charge in [0.15, 0.2) is 0 Å². The van der Waals surface area contributed by atoms with Crippen LogP contribution in [0.3, 0.4) is 0 Å². The van der Waals surface area contributed by atoms with E-state index in [1.807, 2.05) is 6.07 Å². The molecule has 0 saturated heterocycles. The minimum absolute atomic E-state index is 0.0599. The van der Waals surface area contributed by atoms with E-state index in [1.165, 1.54) is 16.7 Å². The van der Waals surface area contributed by atoms with Gasteiger partial charge in [0.2, 0.25) is 0 Å². The van der Waals surface area contributed by atoms with Gasteiger partial charge < -0.3 is 10.4 Å². The largest absolute Gasteiger partial charge is 0.395 e. The third kappa shape index (κ3) is 3.69. The quantitative estimate of drug-likeness (QED) is 0.789. The van der Waals surface area contributed by atoms with Crippen LogP contribution in [0.1, 0.15) is 19.4 Å². The van der Waals surface area contributed by atoms with Crippen LogP contribution in [-0.2, 0) is 5.41 Å². The lowest BCUT2D eigenvalue weighted by atomic mass is 9.84. The summed E-state index contributed by atoms with van der Waals surface area (Å²) >= 11 is 0. The number of rotatable bonds is 6. The molecule has 2 heteroatoms. The lowest BCUT2D eigenvalue weighted by Crippen LogP contribution is -2.34. The Labute approximate surface area is 121 Å². The van der Waals surface area contributed by atoms with Crippen molar-refractivity contribution in [3.8, 4) is 11.1 Å². The van der Waals surface area contributed by atoms with Gasteiger partial charge in [0, 0.05) is 18.5 Å². The Balaban J connectivity index is 2.11. The summed E-state index contributed by atoms with van der Waals surface area (Å²) < 4.78 is 0. The van der Waals surface area contributed by atoms with Crippen LogP contribution in [0.5, 0.6) is 0 Å². The molecule has 106 valence electrons. The number of hydrogen-bond acceptors (Lipinski definition) is 2. The lowest BCUT2D eigenvalue weighted by molar-refractivity contribution is 0.286. The van der Waals surface area contributed by atoms with Crippen molar-refractivity contribution in [2.45, 2.75) is 19.3 Å². The molecule has 2 nitrogen and oxygen atoms in total. The van der Waals surface area contributed by atoms with Gasteiger partial charge in [-0.1, -0.05) is 68.4 Å². The fraction of sp³-hybridized carbons (Fsp3) is 0.333. The first-order chi connectivity index (χ1) is 9.63. The van der Waals surface area contributed by atoms with Crippen LogP contribution in [0.15, 0.2) is 54.6 Å². The van der Waals surface area contributed by atoms with Crippen molar-refractivity contribution in [1.29, 1.82) is 0 Å². The molecule has 0 unspecified atom stereocenters. The van der Waals surface area contributed by atoms with E-state index >= 15 is 0 Å². The predicted octanol–water partition coefficient (Wildman–Crippen LogP) is 3.21. The Kier molecular flexibility index (Phi) is 4.94. The van der Waals surface area contributed by atoms with E-state index in [2.05, 4.69) is 67.7 Å². The summed E-state index contributed by atoms with van der Waals surface area (Å²) in [4.78, 5) is 0. The first-order valence-electron chi connectivity index (χ1n) is 7.11. The third-order valence-electron chi connectivity index (χ3n) is 3.63. The monoisotopic (exact) mass is 269 g/mol. The molecule has 0 saturated carbocycles. The van der Waals surface area contributed by atoms with Crippen molar-refractivity contribution < 1.29 is 5.11 Å². The molecule has 20 heavy (non-hydrogen) atoms. The van der Waals surface area contributed by atoms with Crippen molar-refractivity contribution in [3.63, 3.8) is 0 Å². The van der Waals surface area contributed by atoms with E-state index in [-0.39, 0.29) is 12.0 Å². The van der Waals surface area contributed by atoms with Crippen LogP contribution in [-0.4, -0.2) is 24.8 Å². The fourth-order valence-corrected chi connectivity index (χ4v) is 2.33. The van der Waals surface area contributed by atoms with Gasteiger partial charge in [-0.3, -0.25) is 0 Å². The minimum Gasteiger partial charge on any atom is -0.395 e. The Bertz CT molecular complexity index is 517. The van der Waals surface area contributed by atoms with E-state index in [0.717, 1.165) is 6.54 Å². The molecule has 2 aromatic carbocycles. The molecule has 0 amide bonds. The summed E-state index contributed by atoms with van der Waals surface area (Å²) in [5.74, 6) is 0. The second kappa shape index (κ2) is 6.69. The summed E-state index contributed by atoms with van der Waals surface area (Å²) in [5.41, 5.74) is 3.86. The van der Waals surface area contributed by atoms with Gasteiger partial charge in [0.1, 0.15) is 0 Å². The van der Waals surface area contributed by atoms with Gasteiger partial charge in [0.05, 0.1) is 6.61 Å². The van der Waals surface area contributed by atoms with E-state index in [0.29, 0.717) is 6.54 Å². The molecule has 0 spiro atoms. The predicted molar refractivity (Wildman–Crippen MR) is 84.9 cm³/mol. The minimum atomic E-state index is 0.0599. The molecular weight excluding hydrogens is 246 g/mol. The summed E-state index contributed by atoms with van der Waals surface area (Å²) in [6.45, 7) is 6.12. The molecule has 0 atom stereocenters. The molecule has 2 rings (SSSR count). The van der Waals surface area contributed by atoms with Crippen LogP contribution in [0, 0.1) is 0 Å². The van der Waals surface area contributed by atoms with Gasteiger partial charge in [-0.05, 0) is 16.7 Å². The van der Waals surface area contributed by atoms with Gasteiger partial charge in [-0.15, -0.1) is 0 Å². The molecule has 0 bridgehead atoms. The first kappa shape index (κ1) is 14.8. The smallest absolute Gasteiger partial charge is 0.0555 e. The SMILES string of the molecule is CC(C)(CNCCO)c1ccc(-c2ccccc2)cc1. The Morgan fingerprint density at radius 1 is 0.900 bits per heavy atom. The van der Waals surface area contributed by atoms with Crippen LogP contribution in [0.2, 0.25) is 0 Å². The topological polar surface area (TPSA) is 32.3 Å². The van der Waals surface area contributed by atoms with E-state index in [1.54, 1.807) is 0 Å². The maximum absolute atomic E-state index is 8.83. The number of hydrogen-bond donors (Lipinski definition) is 2. The van der Waals surface area contributed by atoms with Crippen LogP contribution < -0.4 is 5.32 Å². The molecule has 0 aromatic heterocycles. The molecule has 0 radical (unpaired) electrons. The van der Waals surface area contributed by atoms with Crippen molar-refractivity contribution >= 4 is 0 Å². The van der Waals surface area contributed by atoms with Crippen LogP contribution in [0.25, 0.3) is 11.1 Å². The number of aliphatic hydroxyl groups is 1. The first-order valence-corrected chi connectivity index (χ1v) is 7.11.